The Morgan fingerprint density at radius 1 is 1.26 bits per heavy atom. The summed E-state index contributed by atoms with van der Waals surface area (Å²) in [5.41, 5.74) is 1.85. The van der Waals surface area contributed by atoms with E-state index in [1.807, 2.05) is 6.92 Å². The highest BCUT2D eigenvalue weighted by Gasteiger charge is 2.23. The second-order valence-electron chi connectivity index (χ2n) is 9.22. The number of carbonyl (C=O) groups excluding carboxylic acids is 1. The normalized spacial score (nSPS) is 17.8. The second kappa shape index (κ2) is 11.4. The van der Waals surface area contributed by atoms with Gasteiger partial charge in [-0.05, 0) is 62.4 Å². The first-order valence-corrected chi connectivity index (χ1v) is 12.9. The van der Waals surface area contributed by atoms with E-state index in [4.69, 9.17) is 9.84 Å². The Balaban J connectivity index is 1.32. The van der Waals surface area contributed by atoms with Gasteiger partial charge >= 0.3 is 6.09 Å². The van der Waals surface area contributed by atoms with Crippen LogP contribution in [0.15, 0.2) is 16.9 Å². The summed E-state index contributed by atoms with van der Waals surface area (Å²) < 4.78 is 7.97. The summed E-state index contributed by atoms with van der Waals surface area (Å²) in [6.45, 7) is 11.4. The van der Waals surface area contributed by atoms with Crippen LogP contribution in [0, 0.1) is 6.92 Å². The molecule has 0 radical (unpaired) electrons. The highest BCUT2D eigenvalue weighted by atomic mass is 79.9. The third kappa shape index (κ3) is 6.18. The van der Waals surface area contributed by atoms with E-state index in [0.717, 1.165) is 61.2 Å². The van der Waals surface area contributed by atoms with Crippen molar-refractivity contribution in [1.82, 2.24) is 29.5 Å². The Kier molecular flexibility index (Phi) is 8.25. The van der Waals surface area contributed by atoms with Crippen molar-refractivity contribution in [3.8, 4) is 0 Å². The highest BCUT2D eigenvalue weighted by molar-refractivity contribution is 9.10. The number of rotatable bonds is 9. The molecule has 2 aliphatic rings. The largest absolute Gasteiger partial charge is 0.449 e. The van der Waals surface area contributed by atoms with Gasteiger partial charge in [-0.25, -0.2) is 9.78 Å². The molecule has 0 atom stereocenters. The number of hydrogen-bond donors (Lipinski definition) is 2. The lowest BCUT2D eigenvalue weighted by molar-refractivity contribution is 0.0729. The van der Waals surface area contributed by atoms with Crippen molar-refractivity contribution < 1.29 is 9.53 Å². The molecule has 0 unspecified atom stereocenters. The van der Waals surface area contributed by atoms with Gasteiger partial charge in [0.25, 0.3) is 0 Å². The number of anilines is 3. The molecule has 34 heavy (non-hydrogen) atoms. The fourth-order valence-corrected chi connectivity index (χ4v) is 4.74. The van der Waals surface area contributed by atoms with E-state index in [0.29, 0.717) is 43.5 Å². The molecule has 0 saturated carbocycles. The molecule has 0 aromatic carbocycles. The summed E-state index contributed by atoms with van der Waals surface area (Å²) in [5.74, 6) is 1.23. The number of aryl methyl sites for hydroxylation is 1. The molecule has 0 bridgehead atoms. The maximum Gasteiger partial charge on any atom is 0.409 e. The molecule has 4 heterocycles. The van der Waals surface area contributed by atoms with Gasteiger partial charge in [-0.15, -0.1) is 0 Å². The molecular weight excluding hydrogens is 500 g/mol. The lowest BCUT2D eigenvalue weighted by atomic mass is 10.0. The average Bonchev–Trinajstić information content (AvgIpc) is 3.19. The van der Waals surface area contributed by atoms with Crippen molar-refractivity contribution in [2.45, 2.75) is 58.5 Å². The topological polar surface area (TPSA) is 100 Å². The lowest BCUT2D eigenvalue weighted by Crippen LogP contribution is -2.39. The molecule has 2 aliphatic heterocycles. The maximum absolute atomic E-state index is 11.7. The van der Waals surface area contributed by atoms with Crippen LogP contribution in [0.4, 0.5) is 22.2 Å². The molecule has 1 amide bonds. The van der Waals surface area contributed by atoms with Crippen LogP contribution in [0.2, 0.25) is 0 Å². The number of nitrogens with zero attached hydrogens (tertiary/aromatic N) is 6. The minimum Gasteiger partial charge on any atom is -0.449 e. The first-order chi connectivity index (χ1) is 16.4. The van der Waals surface area contributed by atoms with Crippen molar-refractivity contribution in [2.75, 3.05) is 50.0 Å². The van der Waals surface area contributed by atoms with Crippen molar-refractivity contribution in [3.05, 3.63) is 22.6 Å². The van der Waals surface area contributed by atoms with Crippen LogP contribution in [-0.4, -0.2) is 81.0 Å². The van der Waals surface area contributed by atoms with Crippen molar-refractivity contribution in [3.63, 3.8) is 0 Å². The standard InChI is InChI=1S/C23H35BrN8O2/c1-16(2)30-11-6-18(7-12-30)32-15-20(17(3)29-32)27-22-26-14-19(24)21(28-22)25-8-4-9-31-10-5-13-34-23(31)33/h14-16,18H,4-13H2,1-3H3,(H2,25,26,27,28). The van der Waals surface area contributed by atoms with Crippen molar-refractivity contribution >= 4 is 39.5 Å². The van der Waals surface area contributed by atoms with Crippen LogP contribution in [0.5, 0.6) is 0 Å². The van der Waals surface area contributed by atoms with Crippen molar-refractivity contribution in [2.24, 2.45) is 0 Å². The van der Waals surface area contributed by atoms with E-state index in [-0.39, 0.29) is 6.09 Å². The van der Waals surface area contributed by atoms with Gasteiger partial charge in [0.1, 0.15) is 5.82 Å². The highest BCUT2D eigenvalue weighted by Crippen LogP contribution is 2.27. The fraction of sp³-hybridized carbons (Fsp3) is 0.652. The van der Waals surface area contributed by atoms with Crippen LogP contribution in [-0.2, 0) is 4.74 Å². The van der Waals surface area contributed by atoms with Gasteiger partial charge < -0.3 is 25.2 Å². The summed E-state index contributed by atoms with van der Waals surface area (Å²) in [6.07, 6.45) is 7.49. The maximum atomic E-state index is 11.7. The molecule has 0 aliphatic carbocycles. The monoisotopic (exact) mass is 534 g/mol. The molecule has 2 N–H and O–H groups in total. The number of carbonyl (C=O) groups is 1. The minimum atomic E-state index is -0.220. The molecule has 2 aromatic rings. The number of likely N-dealkylation sites (tertiary alicyclic amines) is 1. The lowest BCUT2D eigenvalue weighted by Gasteiger charge is -2.34. The van der Waals surface area contributed by atoms with Crippen LogP contribution in [0.25, 0.3) is 0 Å². The first-order valence-electron chi connectivity index (χ1n) is 12.2. The number of amides is 1. The van der Waals surface area contributed by atoms with E-state index < -0.39 is 0 Å². The number of piperidine rings is 1. The van der Waals surface area contributed by atoms with E-state index in [9.17, 15) is 4.79 Å². The molecule has 4 rings (SSSR count). The van der Waals surface area contributed by atoms with E-state index in [2.05, 4.69) is 66.2 Å². The van der Waals surface area contributed by atoms with Gasteiger partial charge in [0.2, 0.25) is 5.95 Å². The third-order valence-electron chi connectivity index (χ3n) is 6.46. The van der Waals surface area contributed by atoms with E-state index in [1.54, 1.807) is 11.1 Å². The summed E-state index contributed by atoms with van der Waals surface area (Å²) in [4.78, 5) is 25.1. The zero-order valence-electron chi connectivity index (χ0n) is 20.3. The zero-order valence-corrected chi connectivity index (χ0v) is 21.8. The number of ether oxygens (including phenoxy) is 1. The molecule has 0 spiro atoms. The predicted molar refractivity (Wildman–Crippen MR) is 136 cm³/mol. The zero-order chi connectivity index (χ0) is 24.1. The fourth-order valence-electron chi connectivity index (χ4n) is 4.41. The molecule has 2 aromatic heterocycles. The van der Waals surface area contributed by atoms with Crippen LogP contribution >= 0.6 is 15.9 Å². The Morgan fingerprint density at radius 3 is 2.79 bits per heavy atom. The van der Waals surface area contributed by atoms with Crippen molar-refractivity contribution in [1.29, 1.82) is 0 Å². The van der Waals surface area contributed by atoms with Gasteiger partial charge in [-0.2, -0.15) is 10.1 Å². The Hall–Kier alpha value is -2.40. The van der Waals surface area contributed by atoms with Gasteiger partial charge in [-0.1, -0.05) is 0 Å². The van der Waals surface area contributed by atoms with Crippen LogP contribution < -0.4 is 10.6 Å². The van der Waals surface area contributed by atoms with Gasteiger partial charge in [0.05, 0.1) is 28.5 Å². The van der Waals surface area contributed by atoms with Gasteiger partial charge in [0, 0.05) is 51.2 Å². The average molecular weight is 535 g/mol. The van der Waals surface area contributed by atoms with E-state index in [1.165, 1.54) is 0 Å². The molecule has 2 saturated heterocycles. The first kappa shape index (κ1) is 24.7. The number of cyclic esters (lactones) is 1. The summed E-state index contributed by atoms with van der Waals surface area (Å²) >= 11 is 3.52. The number of halogens is 1. The summed E-state index contributed by atoms with van der Waals surface area (Å²) in [5, 5.41) is 11.4. The Morgan fingerprint density at radius 2 is 2.06 bits per heavy atom. The Bertz CT molecular complexity index is 974. The van der Waals surface area contributed by atoms with E-state index >= 15 is 0 Å². The third-order valence-corrected chi connectivity index (χ3v) is 7.04. The molecule has 11 heteroatoms. The molecule has 10 nitrogen and oxygen atoms in total. The summed E-state index contributed by atoms with van der Waals surface area (Å²) in [7, 11) is 0. The smallest absolute Gasteiger partial charge is 0.409 e. The summed E-state index contributed by atoms with van der Waals surface area (Å²) in [6, 6.07) is 1.01. The number of aromatic nitrogens is 4. The quantitative estimate of drug-likeness (QED) is 0.462. The van der Waals surface area contributed by atoms with Crippen LogP contribution in [0.1, 0.15) is 51.3 Å². The molecule has 2 fully saturated rings. The minimum absolute atomic E-state index is 0.220. The van der Waals surface area contributed by atoms with Gasteiger partial charge in [-0.3, -0.25) is 4.68 Å². The van der Waals surface area contributed by atoms with Crippen LogP contribution in [0.3, 0.4) is 0 Å². The molecular formula is C23H35BrN8O2. The molecule has 186 valence electrons. The Labute approximate surface area is 209 Å². The number of hydrogen-bond acceptors (Lipinski definition) is 8. The predicted octanol–water partition coefficient (Wildman–Crippen LogP) is 4.18. The number of nitrogens with one attached hydrogen (secondary N) is 2. The second-order valence-corrected chi connectivity index (χ2v) is 10.1. The SMILES string of the molecule is Cc1nn(C2CCN(C(C)C)CC2)cc1Nc1ncc(Br)c(NCCCN2CCCOC2=O)n1. The van der Waals surface area contributed by atoms with Gasteiger partial charge in [0.15, 0.2) is 0 Å².